The van der Waals surface area contributed by atoms with Crippen LogP contribution >= 0.6 is 11.3 Å². The van der Waals surface area contributed by atoms with Gasteiger partial charge in [-0.2, -0.15) is 0 Å². The fourth-order valence-corrected chi connectivity index (χ4v) is 6.69. The van der Waals surface area contributed by atoms with Crippen LogP contribution in [0.25, 0.3) is 0 Å². The van der Waals surface area contributed by atoms with Crippen molar-refractivity contribution in [2.45, 2.75) is 84.6 Å². The fourth-order valence-electron chi connectivity index (χ4n) is 6.05. The number of aliphatic hydroxyl groups excluding tert-OH is 2. The predicted molar refractivity (Wildman–Crippen MR) is 124 cm³/mol. The van der Waals surface area contributed by atoms with Crippen LogP contribution in [0.4, 0.5) is 4.79 Å². The molecule has 0 bridgehead atoms. The van der Waals surface area contributed by atoms with E-state index in [1.807, 2.05) is 38.3 Å². The van der Waals surface area contributed by atoms with Crippen molar-refractivity contribution in [3.05, 3.63) is 22.4 Å². The highest BCUT2D eigenvalue weighted by Crippen LogP contribution is 2.61. The second kappa shape index (κ2) is 10.1. The number of carbonyl (C=O) groups excluding carboxylic acids is 2. The molecule has 0 aromatic carbocycles. The zero-order valence-electron chi connectivity index (χ0n) is 19.6. The Bertz CT molecular complexity index is 785. The number of aliphatic hydroxyl groups is 2. The molecule has 1 aromatic heterocycles. The van der Waals surface area contributed by atoms with Crippen molar-refractivity contribution in [1.29, 1.82) is 0 Å². The van der Waals surface area contributed by atoms with E-state index in [-0.39, 0.29) is 42.2 Å². The average Bonchev–Trinajstić information content (AvgIpc) is 3.24. The van der Waals surface area contributed by atoms with Gasteiger partial charge in [0.1, 0.15) is 6.10 Å². The van der Waals surface area contributed by atoms with Crippen LogP contribution in [0.3, 0.4) is 0 Å². The number of fused-ring (bicyclic) bond motifs is 1. The largest absolute Gasteiger partial charge is 0.446 e. The molecule has 2 aliphatic rings. The second-order valence-electron chi connectivity index (χ2n) is 10.3. The molecular weight excluding hydrogens is 428 g/mol. The van der Waals surface area contributed by atoms with Crippen LogP contribution < -0.4 is 10.6 Å². The first-order chi connectivity index (χ1) is 15.1. The quantitative estimate of drug-likeness (QED) is 0.492. The predicted octanol–water partition coefficient (Wildman–Crippen LogP) is 3.44. The molecule has 0 radical (unpaired) electrons. The summed E-state index contributed by atoms with van der Waals surface area (Å²) in [6.07, 6.45) is 1.44. The van der Waals surface area contributed by atoms with Crippen LogP contribution in [0.2, 0.25) is 0 Å². The Hall–Kier alpha value is -1.64. The van der Waals surface area contributed by atoms with E-state index in [2.05, 4.69) is 17.6 Å². The summed E-state index contributed by atoms with van der Waals surface area (Å²) in [5, 5.41) is 29.1. The summed E-state index contributed by atoms with van der Waals surface area (Å²) in [5.74, 6) is -0.241. The summed E-state index contributed by atoms with van der Waals surface area (Å²) in [5.41, 5.74) is -0.961. The van der Waals surface area contributed by atoms with E-state index < -0.39 is 23.7 Å². The minimum Gasteiger partial charge on any atom is -0.446 e. The normalized spacial score (nSPS) is 34.6. The molecule has 1 aromatic rings. The van der Waals surface area contributed by atoms with Crippen molar-refractivity contribution in [2.24, 2.45) is 22.7 Å². The van der Waals surface area contributed by atoms with E-state index in [9.17, 15) is 19.8 Å². The summed E-state index contributed by atoms with van der Waals surface area (Å²) in [6, 6.07) is 3.92. The van der Waals surface area contributed by atoms with Crippen LogP contribution in [0.5, 0.6) is 0 Å². The van der Waals surface area contributed by atoms with Gasteiger partial charge >= 0.3 is 6.09 Å². The average molecular weight is 467 g/mol. The van der Waals surface area contributed by atoms with Crippen LogP contribution in [0.15, 0.2) is 17.5 Å². The summed E-state index contributed by atoms with van der Waals surface area (Å²) >= 11 is 1.60. The van der Waals surface area contributed by atoms with Crippen molar-refractivity contribution in [3.63, 3.8) is 0 Å². The minimum atomic E-state index is -0.632. The Kier molecular flexibility index (Phi) is 7.89. The minimum absolute atomic E-state index is 0.0290. The lowest BCUT2D eigenvalue weighted by Gasteiger charge is -2.60. The Labute approximate surface area is 194 Å². The van der Waals surface area contributed by atoms with Crippen LogP contribution in [0.1, 0.15) is 64.7 Å². The van der Waals surface area contributed by atoms with Gasteiger partial charge in [-0.15, -0.1) is 11.3 Å². The molecule has 2 amide bonds. The van der Waals surface area contributed by atoms with Crippen molar-refractivity contribution < 1.29 is 24.5 Å². The van der Waals surface area contributed by atoms with Gasteiger partial charge in [0.25, 0.3) is 0 Å². The number of hydrogen-bond acceptors (Lipinski definition) is 6. The van der Waals surface area contributed by atoms with Gasteiger partial charge in [0, 0.05) is 22.8 Å². The number of thiophene rings is 1. The van der Waals surface area contributed by atoms with Gasteiger partial charge in [-0.05, 0) is 68.2 Å². The first-order valence-electron chi connectivity index (χ1n) is 11.6. The van der Waals surface area contributed by atoms with Gasteiger partial charge in [-0.25, -0.2) is 4.79 Å². The van der Waals surface area contributed by atoms with Crippen LogP contribution in [-0.2, 0) is 16.1 Å². The van der Waals surface area contributed by atoms with E-state index in [0.717, 1.165) is 17.7 Å². The van der Waals surface area contributed by atoms with Crippen LogP contribution in [0, 0.1) is 22.7 Å². The highest BCUT2D eigenvalue weighted by Gasteiger charge is 2.60. The first-order valence-corrected chi connectivity index (χ1v) is 12.5. The van der Waals surface area contributed by atoms with Gasteiger partial charge < -0.3 is 25.6 Å². The molecule has 4 N–H and O–H groups in total. The summed E-state index contributed by atoms with van der Waals surface area (Å²) in [6.45, 7) is 8.25. The zero-order chi connectivity index (χ0) is 23.5. The maximum atomic E-state index is 12.8. The Morgan fingerprint density at radius 1 is 1.28 bits per heavy atom. The topological polar surface area (TPSA) is 108 Å². The molecule has 1 unspecified atom stereocenters. The smallest absolute Gasteiger partial charge is 0.407 e. The van der Waals surface area contributed by atoms with Gasteiger partial charge in [-0.1, -0.05) is 19.9 Å². The Morgan fingerprint density at radius 2 is 2.03 bits per heavy atom. The number of amides is 2. The molecular formula is C24H38N2O5S. The number of carbonyl (C=O) groups is 2. The summed E-state index contributed by atoms with van der Waals surface area (Å²) in [7, 11) is 0. The van der Waals surface area contributed by atoms with E-state index in [0.29, 0.717) is 19.4 Å². The van der Waals surface area contributed by atoms with Gasteiger partial charge in [0.2, 0.25) is 5.91 Å². The van der Waals surface area contributed by atoms with Gasteiger partial charge in [0.05, 0.1) is 19.3 Å². The molecule has 6 atom stereocenters. The standard InChI is InChI=1S/C24H38N2O5S/c1-15(2)26-22(30)31-20-9-10-23(3)17(12-21(29)25-13-16-6-5-11-32-16)18(28)7-8-19(23)24(20,4)14-27/h5-6,11,15,17-20,27-28H,7-10,12-14H2,1-4H3,(H,25,29)(H,26,30)/t17-,18-,19?,20-,23+,24+/m1/s1. The molecule has 2 aliphatic carbocycles. The molecule has 2 saturated carbocycles. The molecule has 7 nitrogen and oxygen atoms in total. The monoisotopic (exact) mass is 466 g/mol. The third-order valence-corrected chi connectivity index (χ3v) is 8.65. The van der Waals surface area contributed by atoms with E-state index in [4.69, 9.17) is 4.74 Å². The van der Waals surface area contributed by atoms with Gasteiger partial charge in [-0.3, -0.25) is 4.79 Å². The van der Waals surface area contributed by atoms with Crippen LogP contribution in [-0.4, -0.2) is 47.1 Å². The van der Waals surface area contributed by atoms with Crippen molar-refractivity contribution in [1.82, 2.24) is 10.6 Å². The summed E-state index contributed by atoms with van der Waals surface area (Å²) < 4.78 is 5.78. The van der Waals surface area contributed by atoms with Crippen molar-refractivity contribution in [3.8, 4) is 0 Å². The first kappa shape index (κ1) is 25.0. The molecule has 32 heavy (non-hydrogen) atoms. The van der Waals surface area contributed by atoms with E-state index >= 15 is 0 Å². The Morgan fingerprint density at radius 3 is 2.66 bits per heavy atom. The molecule has 0 aliphatic heterocycles. The third-order valence-electron chi connectivity index (χ3n) is 7.78. The van der Waals surface area contributed by atoms with Crippen molar-refractivity contribution in [2.75, 3.05) is 6.61 Å². The molecule has 8 heteroatoms. The lowest BCUT2D eigenvalue weighted by atomic mass is 9.46. The maximum Gasteiger partial charge on any atom is 0.407 e. The lowest BCUT2D eigenvalue weighted by Crippen LogP contribution is -2.61. The Balaban J connectivity index is 1.74. The molecule has 3 rings (SSSR count). The third kappa shape index (κ3) is 5.13. The second-order valence-corrected chi connectivity index (χ2v) is 11.3. The lowest BCUT2D eigenvalue weighted by molar-refractivity contribution is -0.186. The zero-order valence-corrected chi connectivity index (χ0v) is 20.4. The molecule has 180 valence electrons. The molecule has 0 spiro atoms. The SMILES string of the molecule is CC(C)NC(=O)O[C@@H]1CC[C@]2(C)C(CC[C@@H](O)[C@H]2CC(=O)NCc2cccs2)[C@]1(C)CO. The van der Waals surface area contributed by atoms with E-state index in [1.54, 1.807) is 11.3 Å². The fraction of sp³-hybridized carbons (Fsp3) is 0.750. The summed E-state index contributed by atoms with van der Waals surface area (Å²) in [4.78, 5) is 26.2. The number of hydrogen-bond donors (Lipinski definition) is 4. The molecule has 0 saturated heterocycles. The number of nitrogens with one attached hydrogen (secondary N) is 2. The van der Waals surface area contributed by atoms with Gasteiger partial charge in [0.15, 0.2) is 0 Å². The molecule has 1 heterocycles. The number of alkyl carbamates (subject to hydrolysis) is 1. The molecule has 2 fully saturated rings. The van der Waals surface area contributed by atoms with Crippen molar-refractivity contribution >= 4 is 23.3 Å². The number of rotatable bonds is 7. The maximum absolute atomic E-state index is 12.8. The van der Waals surface area contributed by atoms with E-state index in [1.165, 1.54) is 0 Å². The number of ether oxygens (including phenoxy) is 1. The highest BCUT2D eigenvalue weighted by atomic mass is 32.1. The highest BCUT2D eigenvalue weighted by molar-refractivity contribution is 7.09.